The SMILES string of the molecule is CCCOc1ccc(CCNC(=O)c2cnc3ccccc3c2)cc1S(=O)(=O)N(S)C(=O)NC. The highest BCUT2D eigenvalue weighted by Gasteiger charge is 2.30. The second-order valence-electron chi connectivity index (χ2n) is 7.36. The van der Waals surface area contributed by atoms with Crippen LogP contribution in [0.25, 0.3) is 10.9 Å². The number of nitrogens with zero attached hydrogens (tertiary/aromatic N) is 2. The standard InChI is InChI=1S/C23H26N4O5S2/c1-3-12-32-20-9-8-16(13-21(20)34(30,31)27(33)23(29)24-2)10-11-25-22(28)18-14-17-6-4-5-7-19(17)26-15-18/h4-9,13-15,33H,3,10-12H2,1-2H3,(H,24,29)(H,25,28). The van der Waals surface area contributed by atoms with Crippen LogP contribution in [0, 0.1) is 0 Å². The number of urea groups is 1. The Morgan fingerprint density at radius 1 is 1.15 bits per heavy atom. The van der Waals surface area contributed by atoms with Gasteiger partial charge in [0.05, 0.1) is 17.7 Å². The maximum Gasteiger partial charge on any atom is 0.341 e. The van der Waals surface area contributed by atoms with E-state index in [1.54, 1.807) is 18.2 Å². The van der Waals surface area contributed by atoms with Crippen molar-refractivity contribution in [3.8, 4) is 5.75 Å². The highest BCUT2D eigenvalue weighted by molar-refractivity contribution is 8.00. The predicted molar refractivity (Wildman–Crippen MR) is 132 cm³/mol. The van der Waals surface area contributed by atoms with E-state index in [0.29, 0.717) is 34.3 Å². The fourth-order valence-electron chi connectivity index (χ4n) is 3.16. The maximum absolute atomic E-state index is 13.0. The number of rotatable bonds is 9. The normalized spacial score (nSPS) is 11.1. The quantitative estimate of drug-likeness (QED) is 0.387. The minimum atomic E-state index is -4.27. The molecule has 0 unspecified atom stereocenters. The lowest BCUT2D eigenvalue weighted by Gasteiger charge is -2.19. The van der Waals surface area contributed by atoms with Crippen LogP contribution >= 0.6 is 12.8 Å². The highest BCUT2D eigenvalue weighted by atomic mass is 32.3. The first-order valence-corrected chi connectivity index (χ1v) is 12.5. The van der Waals surface area contributed by atoms with E-state index >= 15 is 0 Å². The van der Waals surface area contributed by atoms with Crippen molar-refractivity contribution in [2.24, 2.45) is 0 Å². The van der Waals surface area contributed by atoms with Gasteiger partial charge in [-0.05, 0) is 55.5 Å². The summed E-state index contributed by atoms with van der Waals surface area (Å²) < 4.78 is 31.9. The number of carbonyl (C=O) groups excluding carboxylic acids is 2. The Hall–Kier alpha value is -3.31. The summed E-state index contributed by atoms with van der Waals surface area (Å²) in [6.07, 6.45) is 2.55. The Balaban J connectivity index is 1.75. The van der Waals surface area contributed by atoms with Gasteiger partial charge in [-0.1, -0.05) is 31.2 Å². The van der Waals surface area contributed by atoms with E-state index in [2.05, 4.69) is 28.4 Å². The second kappa shape index (κ2) is 11.2. The van der Waals surface area contributed by atoms with Crippen molar-refractivity contribution in [1.82, 2.24) is 19.3 Å². The maximum atomic E-state index is 13.0. The molecule has 0 fully saturated rings. The summed E-state index contributed by atoms with van der Waals surface area (Å²) in [6, 6.07) is 13.1. The number of amides is 3. The van der Waals surface area contributed by atoms with Crippen LogP contribution in [0.2, 0.25) is 0 Å². The monoisotopic (exact) mass is 502 g/mol. The largest absolute Gasteiger partial charge is 0.492 e. The Bertz CT molecular complexity index is 1300. The number of thiol groups is 1. The predicted octanol–water partition coefficient (Wildman–Crippen LogP) is 3.17. The number of fused-ring (bicyclic) bond motifs is 1. The molecule has 3 rings (SSSR count). The molecule has 3 aromatic rings. The van der Waals surface area contributed by atoms with Crippen LogP contribution < -0.4 is 15.4 Å². The molecule has 2 N–H and O–H groups in total. The topological polar surface area (TPSA) is 118 Å². The summed E-state index contributed by atoms with van der Waals surface area (Å²) in [4.78, 5) is 28.5. The third kappa shape index (κ3) is 5.78. The number of hydrogen-bond acceptors (Lipinski definition) is 7. The van der Waals surface area contributed by atoms with E-state index in [1.165, 1.54) is 19.3 Å². The molecule has 180 valence electrons. The van der Waals surface area contributed by atoms with Crippen LogP contribution in [0.15, 0.2) is 59.6 Å². The van der Waals surface area contributed by atoms with Gasteiger partial charge in [-0.2, -0.15) is 12.1 Å². The third-order valence-corrected chi connectivity index (χ3v) is 7.24. The molecule has 1 heterocycles. The number of ether oxygens (including phenoxy) is 1. The molecule has 9 nitrogen and oxygen atoms in total. The van der Waals surface area contributed by atoms with Crippen molar-refractivity contribution in [2.45, 2.75) is 24.7 Å². The van der Waals surface area contributed by atoms with Gasteiger partial charge < -0.3 is 15.4 Å². The van der Waals surface area contributed by atoms with Gasteiger partial charge in [0.1, 0.15) is 10.6 Å². The lowest BCUT2D eigenvalue weighted by atomic mass is 10.1. The van der Waals surface area contributed by atoms with E-state index in [1.807, 2.05) is 31.2 Å². The number of nitrogens with one attached hydrogen (secondary N) is 2. The van der Waals surface area contributed by atoms with Crippen molar-refractivity contribution in [3.05, 3.63) is 65.9 Å². The van der Waals surface area contributed by atoms with Crippen molar-refractivity contribution < 1.29 is 22.7 Å². The summed E-state index contributed by atoms with van der Waals surface area (Å²) in [5, 5.41) is 5.91. The van der Waals surface area contributed by atoms with E-state index in [-0.39, 0.29) is 23.1 Å². The van der Waals surface area contributed by atoms with Crippen LogP contribution in [-0.2, 0) is 16.4 Å². The molecule has 1 aromatic heterocycles. The van der Waals surface area contributed by atoms with E-state index in [0.717, 1.165) is 10.9 Å². The minimum absolute atomic E-state index is 0.125. The molecule has 0 radical (unpaired) electrons. The molecule has 0 atom stereocenters. The first kappa shape index (κ1) is 25.3. The summed E-state index contributed by atoms with van der Waals surface area (Å²) in [6.45, 7) is 2.47. The van der Waals surface area contributed by atoms with Gasteiger partial charge in [0, 0.05) is 25.2 Å². The Kier molecular flexibility index (Phi) is 8.35. The first-order valence-electron chi connectivity index (χ1n) is 10.6. The van der Waals surface area contributed by atoms with E-state index < -0.39 is 16.1 Å². The van der Waals surface area contributed by atoms with Crippen LogP contribution in [0.1, 0.15) is 29.3 Å². The smallest absolute Gasteiger partial charge is 0.341 e. The van der Waals surface area contributed by atoms with Crippen LogP contribution in [0.3, 0.4) is 0 Å². The molecule has 0 aliphatic carbocycles. The molecular formula is C23H26N4O5S2. The number of para-hydroxylation sites is 1. The molecule has 34 heavy (non-hydrogen) atoms. The van der Waals surface area contributed by atoms with Gasteiger partial charge in [-0.25, -0.2) is 4.79 Å². The Morgan fingerprint density at radius 3 is 2.65 bits per heavy atom. The number of sulfonamides is 1. The number of aromatic nitrogens is 1. The van der Waals surface area contributed by atoms with E-state index in [9.17, 15) is 18.0 Å². The lowest BCUT2D eigenvalue weighted by molar-refractivity contribution is 0.0954. The fourth-order valence-corrected chi connectivity index (χ4v) is 4.70. The van der Waals surface area contributed by atoms with Crippen molar-refractivity contribution in [3.63, 3.8) is 0 Å². The van der Waals surface area contributed by atoms with Gasteiger partial charge in [0.25, 0.3) is 15.9 Å². The molecule has 0 aliphatic heterocycles. The molecule has 11 heteroatoms. The minimum Gasteiger partial charge on any atom is -0.492 e. The fraction of sp³-hybridized carbons (Fsp3) is 0.261. The van der Waals surface area contributed by atoms with Gasteiger partial charge in [0.2, 0.25) is 0 Å². The van der Waals surface area contributed by atoms with E-state index in [4.69, 9.17) is 4.74 Å². The molecular weight excluding hydrogens is 476 g/mol. The first-order chi connectivity index (χ1) is 16.3. The summed E-state index contributed by atoms with van der Waals surface area (Å²) in [7, 11) is -2.97. The van der Waals surface area contributed by atoms with Gasteiger partial charge in [-0.15, -0.1) is 0 Å². The number of pyridine rings is 1. The molecule has 0 bridgehead atoms. The van der Waals surface area contributed by atoms with Crippen LogP contribution in [-0.4, -0.2) is 49.2 Å². The number of carbonyl (C=O) groups is 2. The zero-order valence-electron chi connectivity index (χ0n) is 18.8. The zero-order valence-corrected chi connectivity index (χ0v) is 20.5. The van der Waals surface area contributed by atoms with Crippen molar-refractivity contribution >= 4 is 45.7 Å². The Morgan fingerprint density at radius 2 is 1.91 bits per heavy atom. The van der Waals surface area contributed by atoms with Crippen molar-refractivity contribution in [2.75, 3.05) is 20.2 Å². The number of hydrogen-bond donors (Lipinski definition) is 3. The average Bonchev–Trinajstić information content (AvgIpc) is 2.86. The van der Waals surface area contributed by atoms with Crippen LogP contribution in [0.5, 0.6) is 5.75 Å². The van der Waals surface area contributed by atoms with Gasteiger partial charge >= 0.3 is 6.03 Å². The summed E-state index contributed by atoms with van der Waals surface area (Å²) >= 11 is 3.85. The van der Waals surface area contributed by atoms with Gasteiger partial charge in [0.15, 0.2) is 0 Å². The molecule has 0 saturated carbocycles. The molecule has 2 aromatic carbocycles. The highest BCUT2D eigenvalue weighted by Crippen LogP contribution is 2.29. The third-order valence-electron chi connectivity index (χ3n) is 4.91. The van der Waals surface area contributed by atoms with Gasteiger partial charge in [-0.3, -0.25) is 9.78 Å². The number of benzene rings is 2. The lowest BCUT2D eigenvalue weighted by Crippen LogP contribution is -2.36. The molecule has 0 saturated heterocycles. The second-order valence-corrected chi connectivity index (χ2v) is 9.78. The average molecular weight is 503 g/mol. The molecule has 0 aliphatic rings. The summed E-state index contributed by atoms with van der Waals surface area (Å²) in [5.74, 6) is -0.157. The Labute approximate surface area is 204 Å². The zero-order chi connectivity index (χ0) is 24.7. The summed E-state index contributed by atoms with van der Waals surface area (Å²) in [5.41, 5.74) is 1.87. The van der Waals surface area contributed by atoms with Crippen LogP contribution in [0.4, 0.5) is 4.79 Å². The molecule has 0 spiro atoms. The molecule has 3 amide bonds. The van der Waals surface area contributed by atoms with Crippen molar-refractivity contribution in [1.29, 1.82) is 0 Å².